The number of ether oxygens (including phenoxy) is 1. The fourth-order valence-corrected chi connectivity index (χ4v) is 1.43. The Hall–Kier alpha value is -0.730. The monoisotopic (exact) mass is 219 g/mol. The second-order valence-electron chi connectivity index (χ2n) is 2.86. The van der Waals surface area contributed by atoms with Gasteiger partial charge in [0.1, 0.15) is 0 Å². The summed E-state index contributed by atoms with van der Waals surface area (Å²) in [5, 5.41) is 0. The lowest BCUT2D eigenvalue weighted by Gasteiger charge is -2.00. The zero-order valence-electron chi connectivity index (χ0n) is 8.15. The molecule has 0 saturated heterocycles. The molecule has 0 fully saturated rings. The van der Waals surface area contributed by atoms with Crippen molar-refractivity contribution in [3.8, 4) is 0 Å². The van der Waals surface area contributed by atoms with Crippen LogP contribution in [0.15, 0.2) is 12.7 Å². The molecule has 0 amide bonds. The van der Waals surface area contributed by atoms with Crippen LogP contribution in [0.3, 0.4) is 0 Å². The Kier molecular flexibility index (Phi) is 8.39. The van der Waals surface area contributed by atoms with Crippen molar-refractivity contribution < 1.29 is 19.0 Å². The molecular formula is C9H16O4P+. The first kappa shape index (κ1) is 13.3. The summed E-state index contributed by atoms with van der Waals surface area (Å²) in [6.45, 7) is 3.67. The molecule has 0 heterocycles. The molecule has 14 heavy (non-hydrogen) atoms. The van der Waals surface area contributed by atoms with Crippen molar-refractivity contribution in [3.63, 3.8) is 0 Å². The molecule has 0 bridgehead atoms. The highest BCUT2D eigenvalue weighted by atomic mass is 31.1. The Labute approximate surface area is 84.8 Å². The van der Waals surface area contributed by atoms with Gasteiger partial charge in [0.15, 0.2) is 6.16 Å². The summed E-state index contributed by atoms with van der Waals surface area (Å²) in [6, 6.07) is 0. The van der Waals surface area contributed by atoms with Crippen LogP contribution in [0.5, 0.6) is 0 Å². The fourth-order valence-electron chi connectivity index (χ4n) is 0.934. The van der Waals surface area contributed by atoms with E-state index in [2.05, 4.69) is 6.58 Å². The van der Waals surface area contributed by atoms with E-state index < -0.39 is 14.0 Å². The fraction of sp³-hybridized carbons (Fsp3) is 0.667. The Morgan fingerprint density at radius 1 is 1.36 bits per heavy atom. The number of hydrogen-bond donors (Lipinski definition) is 1. The largest absolute Gasteiger partial charge is 0.505 e. The zero-order chi connectivity index (χ0) is 10.8. The number of rotatable bonds is 8. The second kappa shape index (κ2) is 8.85. The van der Waals surface area contributed by atoms with Crippen LogP contribution in [0, 0.1) is 0 Å². The summed E-state index contributed by atoms with van der Waals surface area (Å²) >= 11 is 0. The predicted molar refractivity (Wildman–Crippen MR) is 54.3 cm³/mol. The van der Waals surface area contributed by atoms with Crippen LogP contribution in [0.4, 0.5) is 0 Å². The van der Waals surface area contributed by atoms with Crippen LogP contribution >= 0.6 is 8.03 Å². The smallest absolute Gasteiger partial charge is 0.463 e. The van der Waals surface area contributed by atoms with Crippen molar-refractivity contribution in [1.29, 1.82) is 0 Å². The number of esters is 1. The Morgan fingerprint density at radius 3 is 2.57 bits per heavy atom. The highest BCUT2D eigenvalue weighted by Crippen LogP contribution is 2.15. The van der Waals surface area contributed by atoms with Crippen molar-refractivity contribution in [1.82, 2.24) is 0 Å². The van der Waals surface area contributed by atoms with Crippen LogP contribution in [0.1, 0.15) is 25.7 Å². The molecule has 5 heteroatoms. The number of unbranched alkanes of at least 4 members (excludes halogenated alkanes) is 3. The van der Waals surface area contributed by atoms with Crippen LogP contribution in [0.2, 0.25) is 0 Å². The van der Waals surface area contributed by atoms with Gasteiger partial charge >= 0.3 is 14.0 Å². The minimum Gasteiger partial charge on any atom is -0.463 e. The molecule has 0 aliphatic carbocycles. The molecule has 1 atom stereocenters. The second-order valence-corrected chi connectivity index (χ2v) is 4.01. The maximum Gasteiger partial charge on any atom is 0.505 e. The molecule has 0 aliphatic heterocycles. The maximum atomic E-state index is 10.6. The van der Waals surface area contributed by atoms with Crippen LogP contribution in [0.25, 0.3) is 0 Å². The van der Waals surface area contributed by atoms with Crippen molar-refractivity contribution in [2.24, 2.45) is 0 Å². The number of carbonyl (C=O) groups is 1. The molecule has 1 unspecified atom stereocenters. The summed E-state index contributed by atoms with van der Waals surface area (Å²) in [6.07, 6.45) is 4.85. The van der Waals surface area contributed by atoms with E-state index in [0.717, 1.165) is 31.8 Å². The summed E-state index contributed by atoms with van der Waals surface area (Å²) in [5.41, 5.74) is 0. The summed E-state index contributed by atoms with van der Waals surface area (Å²) < 4.78 is 15.0. The Balaban J connectivity index is 3.10. The van der Waals surface area contributed by atoms with Gasteiger partial charge in [-0.05, 0) is 30.2 Å². The van der Waals surface area contributed by atoms with Gasteiger partial charge in [-0.25, -0.2) is 4.79 Å². The first-order chi connectivity index (χ1) is 6.66. The standard InChI is InChI=1S/C9H15O4P/c1-2-9(10)13-7-5-3-4-6-8-14(11)12/h2H,1,3-8H2/p+1. The number of carbonyl (C=O) groups excluding carboxylic acids is 1. The molecule has 0 rings (SSSR count). The topological polar surface area (TPSA) is 63.6 Å². The van der Waals surface area contributed by atoms with Crippen LogP contribution in [-0.2, 0) is 14.1 Å². The molecule has 0 saturated carbocycles. The van der Waals surface area contributed by atoms with Gasteiger partial charge in [-0.3, -0.25) is 0 Å². The van der Waals surface area contributed by atoms with Crippen molar-refractivity contribution in [2.45, 2.75) is 25.7 Å². The van der Waals surface area contributed by atoms with E-state index in [1.807, 2.05) is 0 Å². The molecule has 0 aromatic rings. The van der Waals surface area contributed by atoms with E-state index >= 15 is 0 Å². The third-order valence-electron chi connectivity index (χ3n) is 1.65. The Morgan fingerprint density at radius 2 is 2.00 bits per heavy atom. The lowest BCUT2D eigenvalue weighted by atomic mass is 10.2. The van der Waals surface area contributed by atoms with Gasteiger partial charge in [0.05, 0.1) is 6.61 Å². The van der Waals surface area contributed by atoms with Gasteiger partial charge in [-0.2, -0.15) is 4.89 Å². The maximum absolute atomic E-state index is 10.6. The number of hydrogen-bond acceptors (Lipinski definition) is 3. The molecule has 0 aliphatic rings. The van der Waals surface area contributed by atoms with Gasteiger partial charge in [-0.1, -0.05) is 6.58 Å². The summed E-state index contributed by atoms with van der Waals surface area (Å²) in [7, 11) is -1.99. The minimum atomic E-state index is -1.99. The highest BCUT2D eigenvalue weighted by molar-refractivity contribution is 7.37. The molecular weight excluding hydrogens is 203 g/mol. The van der Waals surface area contributed by atoms with E-state index in [-0.39, 0.29) is 0 Å². The lowest BCUT2D eigenvalue weighted by molar-refractivity contribution is -0.137. The van der Waals surface area contributed by atoms with Gasteiger partial charge in [0.2, 0.25) is 0 Å². The molecule has 0 aromatic carbocycles. The molecule has 80 valence electrons. The van der Waals surface area contributed by atoms with E-state index in [0.29, 0.717) is 12.8 Å². The minimum absolute atomic E-state index is 0.363. The highest BCUT2D eigenvalue weighted by Gasteiger charge is 2.07. The van der Waals surface area contributed by atoms with E-state index in [9.17, 15) is 9.36 Å². The average molecular weight is 219 g/mol. The van der Waals surface area contributed by atoms with Crippen LogP contribution in [-0.4, -0.2) is 23.6 Å². The SMILES string of the molecule is C=CC(=O)OCCCCCC[P+](=O)O. The third-order valence-corrected chi connectivity index (χ3v) is 2.35. The molecule has 0 aromatic heterocycles. The van der Waals surface area contributed by atoms with E-state index in [1.54, 1.807) is 0 Å². The summed E-state index contributed by atoms with van der Waals surface area (Å²) in [5.74, 6) is -0.400. The molecule has 0 radical (unpaired) electrons. The van der Waals surface area contributed by atoms with Gasteiger partial charge in [0.25, 0.3) is 0 Å². The van der Waals surface area contributed by atoms with Crippen molar-refractivity contribution in [2.75, 3.05) is 12.8 Å². The first-order valence-corrected chi connectivity index (χ1v) is 5.99. The third kappa shape index (κ3) is 9.36. The van der Waals surface area contributed by atoms with Gasteiger partial charge < -0.3 is 4.74 Å². The summed E-state index contributed by atoms with van der Waals surface area (Å²) in [4.78, 5) is 19.1. The lowest BCUT2D eigenvalue weighted by Crippen LogP contribution is -2.01. The normalized spacial score (nSPS) is 10.8. The van der Waals surface area contributed by atoms with E-state index in [4.69, 9.17) is 9.63 Å². The zero-order valence-corrected chi connectivity index (χ0v) is 9.04. The molecule has 1 N–H and O–H groups in total. The quantitative estimate of drug-likeness (QED) is 0.293. The van der Waals surface area contributed by atoms with Gasteiger partial charge in [0, 0.05) is 6.08 Å². The van der Waals surface area contributed by atoms with Crippen molar-refractivity contribution >= 4 is 14.0 Å². The molecule has 0 spiro atoms. The van der Waals surface area contributed by atoms with E-state index in [1.165, 1.54) is 0 Å². The predicted octanol–water partition coefficient (Wildman–Crippen LogP) is 2.01. The average Bonchev–Trinajstić information content (AvgIpc) is 2.15. The van der Waals surface area contributed by atoms with Gasteiger partial charge in [-0.15, -0.1) is 0 Å². The van der Waals surface area contributed by atoms with Crippen molar-refractivity contribution in [3.05, 3.63) is 12.7 Å². The molecule has 4 nitrogen and oxygen atoms in total. The van der Waals surface area contributed by atoms with Crippen LogP contribution < -0.4 is 0 Å². The Bertz CT molecular complexity index is 203. The first-order valence-electron chi connectivity index (χ1n) is 4.59.